The summed E-state index contributed by atoms with van der Waals surface area (Å²) in [5.74, 6) is -0.138. The van der Waals surface area contributed by atoms with E-state index in [1.165, 1.54) is 0 Å². The fourth-order valence-electron chi connectivity index (χ4n) is 2.97. The second kappa shape index (κ2) is 10.7. The maximum Gasteiger partial charge on any atom is 0.261 e. The Morgan fingerprint density at radius 3 is 2.33 bits per heavy atom. The van der Waals surface area contributed by atoms with Crippen LogP contribution in [0.3, 0.4) is 0 Å². The second-order valence-corrected chi connectivity index (χ2v) is 8.88. The maximum atomic E-state index is 13.1. The van der Waals surface area contributed by atoms with E-state index in [1.807, 2.05) is 58.0 Å². The van der Waals surface area contributed by atoms with Crippen molar-refractivity contribution in [3.05, 3.63) is 64.1 Å². The summed E-state index contributed by atoms with van der Waals surface area (Å²) >= 11 is 12.0. The molecule has 2 amide bonds. The molecule has 1 unspecified atom stereocenters. The lowest BCUT2D eigenvalue weighted by Gasteiger charge is -2.33. The van der Waals surface area contributed by atoms with Crippen LogP contribution < -0.4 is 10.1 Å². The maximum absolute atomic E-state index is 13.1. The highest BCUT2D eigenvalue weighted by Gasteiger charge is 2.30. The van der Waals surface area contributed by atoms with Crippen molar-refractivity contribution in [3.8, 4) is 5.75 Å². The molecule has 30 heavy (non-hydrogen) atoms. The molecule has 2 aromatic rings. The molecular formula is C23H28Cl2N2O3. The minimum absolute atomic E-state index is 0.196. The molecule has 0 aliphatic carbocycles. The van der Waals surface area contributed by atoms with Crippen LogP contribution in [0.25, 0.3) is 0 Å². The minimum atomic E-state index is -0.624. The first-order valence-corrected chi connectivity index (χ1v) is 10.6. The van der Waals surface area contributed by atoms with Gasteiger partial charge in [0.1, 0.15) is 11.8 Å². The molecule has 5 nitrogen and oxygen atoms in total. The standard InChI is InChI=1S/C23H28Cl2N2O3/c1-5-19(22(29)26-23(2,3)4)27(14-16-9-7-6-8-10-16)21(28)15-30-20-12-11-17(24)13-18(20)25/h6-13,19H,5,14-15H2,1-4H3,(H,26,29). The van der Waals surface area contributed by atoms with Crippen LogP contribution in [-0.2, 0) is 16.1 Å². The smallest absolute Gasteiger partial charge is 0.261 e. The van der Waals surface area contributed by atoms with Crippen molar-refractivity contribution in [2.45, 2.75) is 52.2 Å². The molecule has 2 aromatic carbocycles. The van der Waals surface area contributed by atoms with Crippen LogP contribution in [0, 0.1) is 0 Å². The number of hydrogen-bond donors (Lipinski definition) is 1. The molecule has 1 atom stereocenters. The van der Waals surface area contributed by atoms with Gasteiger partial charge in [0.25, 0.3) is 5.91 Å². The fraction of sp³-hybridized carbons (Fsp3) is 0.391. The van der Waals surface area contributed by atoms with Gasteiger partial charge in [0.2, 0.25) is 5.91 Å². The molecule has 1 N–H and O–H groups in total. The van der Waals surface area contributed by atoms with Crippen LogP contribution >= 0.6 is 23.2 Å². The zero-order valence-corrected chi connectivity index (χ0v) is 19.3. The zero-order valence-electron chi connectivity index (χ0n) is 17.7. The molecule has 0 aromatic heterocycles. The largest absolute Gasteiger partial charge is 0.482 e. The first-order valence-electron chi connectivity index (χ1n) is 9.84. The molecule has 0 radical (unpaired) electrons. The first-order chi connectivity index (χ1) is 14.1. The first kappa shape index (κ1) is 24.0. The Labute approximate surface area is 188 Å². The molecule has 0 fully saturated rings. The Balaban J connectivity index is 2.22. The lowest BCUT2D eigenvalue weighted by molar-refractivity contribution is -0.143. The Kier molecular flexibility index (Phi) is 8.56. The number of carbonyl (C=O) groups is 2. The Hall–Kier alpha value is -2.24. The number of benzene rings is 2. The highest BCUT2D eigenvalue weighted by atomic mass is 35.5. The van der Waals surface area contributed by atoms with Gasteiger partial charge >= 0.3 is 0 Å². The van der Waals surface area contributed by atoms with E-state index < -0.39 is 11.6 Å². The zero-order chi connectivity index (χ0) is 22.3. The molecule has 162 valence electrons. The number of halogens is 2. The van der Waals surface area contributed by atoms with E-state index in [-0.39, 0.29) is 18.4 Å². The number of nitrogens with zero attached hydrogens (tertiary/aromatic N) is 1. The van der Waals surface area contributed by atoms with Crippen molar-refractivity contribution in [2.24, 2.45) is 0 Å². The summed E-state index contributed by atoms with van der Waals surface area (Å²) in [5.41, 5.74) is 0.525. The van der Waals surface area contributed by atoms with Crippen LogP contribution in [0.2, 0.25) is 10.0 Å². The molecule has 0 aliphatic rings. The molecule has 0 spiro atoms. The average molecular weight is 451 g/mol. The van der Waals surface area contributed by atoms with Crippen LogP contribution in [-0.4, -0.2) is 34.9 Å². The van der Waals surface area contributed by atoms with Gasteiger partial charge in [-0.05, 0) is 51.0 Å². The van der Waals surface area contributed by atoms with E-state index >= 15 is 0 Å². The minimum Gasteiger partial charge on any atom is -0.482 e. The topological polar surface area (TPSA) is 58.6 Å². The SMILES string of the molecule is CCC(C(=O)NC(C)(C)C)N(Cc1ccccc1)C(=O)COc1ccc(Cl)cc1Cl. The van der Waals surface area contributed by atoms with E-state index in [1.54, 1.807) is 23.1 Å². The van der Waals surface area contributed by atoms with Crippen molar-refractivity contribution in [1.29, 1.82) is 0 Å². The number of rotatable bonds is 8. The number of ether oxygens (including phenoxy) is 1. The Bertz CT molecular complexity index is 866. The Morgan fingerprint density at radius 2 is 1.77 bits per heavy atom. The van der Waals surface area contributed by atoms with E-state index in [2.05, 4.69) is 5.32 Å². The summed E-state index contributed by atoms with van der Waals surface area (Å²) in [5, 5.41) is 3.77. The van der Waals surface area contributed by atoms with Gasteiger partial charge in [-0.2, -0.15) is 0 Å². The van der Waals surface area contributed by atoms with Crippen LogP contribution in [0.5, 0.6) is 5.75 Å². The third-order valence-corrected chi connectivity index (χ3v) is 4.86. The Morgan fingerprint density at radius 1 is 1.10 bits per heavy atom. The highest BCUT2D eigenvalue weighted by molar-refractivity contribution is 6.35. The molecule has 7 heteroatoms. The second-order valence-electron chi connectivity index (χ2n) is 8.03. The summed E-state index contributed by atoms with van der Waals surface area (Å²) in [6.45, 7) is 7.67. The summed E-state index contributed by atoms with van der Waals surface area (Å²) in [6, 6.07) is 13.7. The normalized spacial score (nSPS) is 12.2. The van der Waals surface area contributed by atoms with Gasteiger partial charge in [0, 0.05) is 17.1 Å². The van der Waals surface area contributed by atoms with Crippen molar-refractivity contribution < 1.29 is 14.3 Å². The monoisotopic (exact) mass is 450 g/mol. The fourth-order valence-corrected chi connectivity index (χ4v) is 3.43. The third kappa shape index (κ3) is 7.22. The van der Waals surface area contributed by atoms with Gasteiger partial charge in [0.15, 0.2) is 6.61 Å². The molecule has 0 aliphatic heterocycles. The summed E-state index contributed by atoms with van der Waals surface area (Å²) < 4.78 is 5.63. The van der Waals surface area contributed by atoms with Gasteiger partial charge in [-0.15, -0.1) is 0 Å². The van der Waals surface area contributed by atoms with Crippen LogP contribution in [0.4, 0.5) is 0 Å². The van der Waals surface area contributed by atoms with Crippen molar-refractivity contribution in [3.63, 3.8) is 0 Å². The lowest BCUT2D eigenvalue weighted by atomic mass is 10.1. The van der Waals surface area contributed by atoms with Crippen molar-refractivity contribution in [2.75, 3.05) is 6.61 Å². The van der Waals surface area contributed by atoms with Crippen molar-refractivity contribution >= 4 is 35.0 Å². The quantitative estimate of drug-likeness (QED) is 0.608. The van der Waals surface area contributed by atoms with Gasteiger partial charge in [-0.3, -0.25) is 9.59 Å². The van der Waals surface area contributed by atoms with E-state index in [0.29, 0.717) is 28.8 Å². The molecule has 2 rings (SSSR count). The molecule has 0 bridgehead atoms. The number of hydrogen-bond acceptors (Lipinski definition) is 3. The number of amides is 2. The molecule has 0 saturated carbocycles. The highest BCUT2D eigenvalue weighted by Crippen LogP contribution is 2.27. The molecular weight excluding hydrogens is 423 g/mol. The predicted molar refractivity (Wildman–Crippen MR) is 121 cm³/mol. The summed E-state index contributed by atoms with van der Waals surface area (Å²) in [6.07, 6.45) is 0.474. The summed E-state index contributed by atoms with van der Waals surface area (Å²) in [7, 11) is 0. The van der Waals surface area contributed by atoms with Gasteiger partial charge in [-0.25, -0.2) is 0 Å². The lowest BCUT2D eigenvalue weighted by Crippen LogP contribution is -2.54. The number of carbonyl (C=O) groups excluding carboxylic acids is 2. The van der Waals surface area contributed by atoms with Gasteiger partial charge in [-0.1, -0.05) is 60.5 Å². The van der Waals surface area contributed by atoms with E-state index in [4.69, 9.17) is 27.9 Å². The third-order valence-electron chi connectivity index (χ3n) is 4.32. The molecule has 0 heterocycles. The van der Waals surface area contributed by atoms with Crippen molar-refractivity contribution in [1.82, 2.24) is 10.2 Å². The average Bonchev–Trinajstić information content (AvgIpc) is 2.66. The van der Waals surface area contributed by atoms with Crippen LogP contribution in [0.15, 0.2) is 48.5 Å². The predicted octanol–water partition coefficient (Wildman–Crippen LogP) is 5.09. The van der Waals surface area contributed by atoms with E-state index in [0.717, 1.165) is 5.56 Å². The molecule has 0 saturated heterocycles. The van der Waals surface area contributed by atoms with Gasteiger partial charge in [0.05, 0.1) is 5.02 Å². The van der Waals surface area contributed by atoms with Crippen LogP contribution in [0.1, 0.15) is 39.7 Å². The number of nitrogens with one attached hydrogen (secondary N) is 1. The van der Waals surface area contributed by atoms with E-state index in [9.17, 15) is 9.59 Å². The summed E-state index contributed by atoms with van der Waals surface area (Å²) in [4.78, 5) is 27.6. The van der Waals surface area contributed by atoms with Gasteiger partial charge < -0.3 is 15.0 Å².